The summed E-state index contributed by atoms with van der Waals surface area (Å²) < 4.78 is 28.4. The van der Waals surface area contributed by atoms with Crippen molar-refractivity contribution in [1.29, 1.82) is 0 Å². The van der Waals surface area contributed by atoms with E-state index in [9.17, 15) is 13.2 Å². The molecule has 1 heterocycles. The van der Waals surface area contributed by atoms with Gasteiger partial charge in [-0.15, -0.1) is 0 Å². The number of aryl methyl sites for hydroxylation is 1. The zero-order valence-corrected chi connectivity index (χ0v) is 13.2. The number of benzene rings is 1. The Morgan fingerprint density at radius 1 is 1.24 bits per heavy atom. The van der Waals surface area contributed by atoms with Crippen molar-refractivity contribution in [3.63, 3.8) is 0 Å². The predicted molar refractivity (Wildman–Crippen MR) is 81.1 cm³/mol. The van der Waals surface area contributed by atoms with Crippen LogP contribution in [-0.4, -0.2) is 50.4 Å². The molecule has 0 unspecified atom stereocenters. The van der Waals surface area contributed by atoms with Gasteiger partial charge in [0.05, 0.1) is 5.25 Å². The fraction of sp³-hybridized carbons (Fsp3) is 0.533. The minimum atomic E-state index is -3.00. The average Bonchev–Trinajstić information content (AvgIpc) is 2.45. The lowest BCUT2D eigenvalue weighted by Gasteiger charge is -2.31. The number of amides is 1. The third-order valence-corrected chi connectivity index (χ3v) is 5.47. The lowest BCUT2D eigenvalue weighted by molar-refractivity contribution is -0.134. The van der Waals surface area contributed by atoms with Crippen molar-refractivity contribution in [3.05, 3.63) is 29.8 Å². The molecule has 1 aliphatic rings. The Hall–Kier alpha value is -1.56. The van der Waals surface area contributed by atoms with Crippen molar-refractivity contribution in [2.75, 3.05) is 26.0 Å². The van der Waals surface area contributed by atoms with Crippen LogP contribution in [0, 0.1) is 6.92 Å². The molecule has 6 heteroatoms. The molecule has 0 radical (unpaired) electrons. The van der Waals surface area contributed by atoms with E-state index in [0.29, 0.717) is 31.7 Å². The Kier molecular flexibility index (Phi) is 4.88. The third kappa shape index (κ3) is 4.46. The molecule has 0 N–H and O–H groups in total. The van der Waals surface area contributed by atoms with Gasteiger partial charge in [0.25, 0.3) is 5.91 Å². The van der Waals surface area contributed by atoms with E-state index in [2.05, 4.69) is 0 Å². The normalized spacial score (nSPS) is 16.8. The highest BCUT2D eigenvalue weighted by molar-refractivity contribution is 7.91. The van der Waals surface area contributed by atoms with Crippen LogP contribution in [-0.2, 0) is 14.6 Å². The van der Waals surface area contributed by atoms with Crippen LogP contribution in [0.15, 0.2) is 24.3 Å². The summed E-state index contributed by atoms with van der Waals surface area (Å²) in [7, 11) is -3.00. The first-order valence-electron chi connectivity index (χ1n) is 7.02. The van der Waals surface area contributed by atoms with Gasteiger partial charge in [-0.2, -0.15) is 0 Å². The van der Waals surface area contributed by atoms with Crippen LogP contribution in [0.2, 0.25) is 0 Å². The van der Waals surface area contributed by atoms with Crippen molar-refractivity contribution in [3.8, 4) is 5.75 Å². The van der Waals surface area contributed by atoms with Gasteiger partial charge in [-0.1, -0.05) is 17.7 Å². The smallest absolute Gasteiger partial charge is 0.260 e. The lowest BCUT2D eigenvalue weighted by atomic mass is 10.1. The highest BCUT2D eigenvalue weighted by Crippen LogP contribution is 2.17. The van der Waals surface area contributed by atoms with Crippen LogP contribution in [0.3, 0.4) is 0 Å². The monoisotopic (exact) mass is 311 g/mol. The van der Waals surface area contributed by atoms with E-state index in [-0.39, 0.29) is 17.8 Å². The van der Waals surface area contributed by atoms with Gasteiger partial charge in [0.2, 0.25) is 0 Å². The number of ether oxygens (including phenoxy) is 1. The maximum absolute atomic E-state index is 12.0. The van der Waals surface area contributed by atoms with Gasteiger partial charge in [-0.25, -0.2) is 8.42 Å². The molecule has 116 valence electrons. The van der Waals surface area contributed by atoms with E-state index in [1.807, 2.05) is 31.2 Å². The van der Waals surface area contributed by atoms with Crippen LogP contribution in [0.1, 0.15) is 18.4 Å². The molecule has 1 fully saturated rings. The van der Waals surface area contributed by atoms with E-state index in [1.54, 1.807) is 4.90 Å². The first kappa shape index (κ1) is 15.8. The molecule has 1 saturated heterocycles. The summed E-state index contributed by atoms with van der Waals surface area (Å²) in [5.41, 5.74) is 1.14. The largest absolute Gasteiger partial charge is 0.484 e. The van der Waals surface area contributed by atoms with Crippen molar-refractivity contribution in [2.45, 2.75) is 25.0 Å². The topological polar surface area (TPSA) is 63.7 Å². The first-order chi connectivity index (χ1) is 9.86. The maximum atomic E-state index is 12.0. The average molecular weight is 311 g/mol. The van der Waals surface area contributed by atoms with Gasteiger partial charge < -0.3 is 9.64 Å². The lowest BCUT2D eigenvalue weighted by Crippen LogP contribution is -2.44. The molecule has 1 amide bonds. The van der Waals surface area contributed by atoms with Crippen LogP contribution in [0.5, 0.6) is 5.75 Å². The molecule has 0 bridgehead atoms. The predicted octanol–water partition coefficient (Wildman–Crippen LogP) is 1.41. The van der Waals surface area contributed by atoms with E-state index in [1.165, 1.54) is 6.26 Å². The summed E-state index contributed by atoms with van der Waals surface area (Å²) in [5.74, 6) is 0.572. The van der Waals surface area contributed by atoms with Crippen LogP contribution >= 0.6 is 0 Å². The fourth-order valence-corrected chi connectivity index (χ4v) is 3.47. The molecular weight excluding hydrogens is 290 g/mol. The summed E-state index contributed by atoms with van der Waals surface area (Å²) in [6, 6.07) is 7.52. The minimum Gasteiger partial charge on any atom is -0.484 e. The number of sulfone groups is 1. The van der Waals surface area contributed by atoms with Crippen molar-refractivity contribution in [1.82, 2.24) is 4.90 Å². The molecule has 5 nitrogen and oxygen atoms in total. The Bertz CT molecular complexity index is 587. The maximum Gasteiger partial charge on any atom is 0.260 e. The molecule has 0 aliphatic carbocycles. The van der Waals surface area contributed by atoms with Crippen LogP contribution < -0.4 is 4.74 Å². The van der Waals surface area contributed by atoms with Crippen molar-refractivity contribution >= 4 is 15.7 Å². The number of piperidine rings is 1. The number of carbonyl (C=O) groups is 1. The summed E-state index contributed by atoms with van der Waals surface area (Å²) in [4.78, 5) is 13.7. The first-order valence-corrected chi connectivity index (χ1v) is 8.98. The highest BCUT2D eigenvalue weighted by Gasteiger charge is 2.28. The zero-order valence-electron chi connectivity index (χ0n) is 12.4. The molecule has 1 aromatic rings. The number of rotatable bonds is 4. The van der Waals surface area contributed by atoms with E-state index >= 15 is 0 Å². The second-order valence-electron chi connectivity index (χ2n) is 5.51. The Morgan fingerprint density at radius 3 is 2.33 bits per heavy atom. The quantitative estimate of drug-likeness (QED) is 0.843. The van der Waals surface area contributed by atoms with Crippen LogP contribution in [0.4, 0.5) is 0 Å². The number of nitrogens with zero attached hydrogens (tertiary/aromatic N) is 1. The van der Waals surface area contributed by atoms with Gasteiger partial charge in [-0.3, -0.25) is 4.79 Å². The number of carbonyl (C=O) groups excluding carboxylic acids is 1. The number of likely N-dealkylation sites (tertiary alicyclic amines) is 1. The molecule has 1 aromatic carbocycles. The number of hydrogen-bond donors (Lipinski definition) is 0. The standard InChI is InChI=1S/C15H21NO4S/c1-12-3-5-13(6-4-12)20-11-15(17)16-9-7-14(8-10-16)21(2,18)19/h3-6,14H,7-11H2,1-2H3. The molecule has 0 aromatic heterocycles. The summed E-state index contributed by atoms with van der Waals surface area (Å²) in [6.45, 7) is 2.94. The second-order valence-corrected chi connectivity index (χ2v) is 7.84. The highest BCUT2D eigenvalue weighted by atomic mass is 32.2. The fourth-order valence-electron chi connectivity index (χ4n) is 2.40. The molecular formula is C15H21NO4S. The van der Waals surface area contributed by atoms with Gasteiger partial charge in [0, 0.05) is 19.3 Å². The van der Waals surface area contributed by atoms with Gasteiger partial charge >= 0.3 is 0 Å². The molecule has 0 atom stereocenters. The Labute approximate surface area is 125 Å². The number of hydrogen-bond acceptors (Lipinski definition) is 4. The Morgan fingerprint density at radius 2 is 1.81 bits per heavy atom. The third-order valence-electron chi connectivity index (χ3n) is 3.78. The minimum absolute atomic E-state index is 0.00734. The van der Waals surface area contributed by atoms with Gasteiger partial charge in [0.1, 0.15) is 15.6 Å². The molecule has 21 heavy (non-hydrogen) atoms. The molecule has 1 aliphatic heterocycles. The van der Waals surface area contributed by atoms with Gasteiger partial charge in [-0.05, 0) is 31.9 Å². The summed E-state index contributed by atoms with van der Waals surface area (Å²) >= 11 is 0. The molecule has 0 saturated carbocycles. The second kappa shape index (κ2) is 6.47. The van der Waals surface area contributed by atoms with Crippen LogP contribution in [0.25, 0.3) is 0 Å². The SMILES string of the molecule is Cc1ccc(OCC(=O)N2CCC(S(C)(=O)=O)CC2)cc1. The Balaban J connectivity index is 1.81. The van der Waals surface area contributed by atoms with Gasteiger partial charge in [0.15, 0.2) is 6.61 Å². The van der Waals surface area contributed by atoms with E-state index in [4.69, 9.17) is 4.74 Å². The summed E-state index contributed by atoms with van der Waals surface area (Å²) in [5, 5.41) is -0.320. The zero-order chi connectivity index (χ0) is 15.5. The van der Waals surface area contributed by atoms with Crippen molar-refractivity contribution < 1.29 is 17.9 Å². The van der Waals surface area contributed by atoms with E-state index in [0.717, 1.165) is 5.56 Å². The van der Waals surface area contributed by atoms with E-state index < -0.39 is 9.84 Å². The molecule has 2 rings (SSSR count). The summed E-state index contributed by atoms with van der Waals surface area (Å²) in [6.07, 6.45) is 2.28. The van der Waals surface area contributed by atoms with Crippen molar-refractivity contribution in [2.24, 2.45) is 0 Å². The molecule has 0 spiro atoms.